The van der Waals surface area contributed by atoms with Gasteiger partial charge in [-0.25, -0.2) is 4.79 Å². The van der Waals surface area contributed by atoms with Crippen molar-refractivity contribution in [1.29, 1.82) is 0 Å². The lowest BCUT2D eigenvalue weighted by molar-refractivity contribution is -0.302. The molecule has 1 aromatic carbocycles. The number of rotatable bonds is 7. The first-order chi connectivity index (χ1) is 29.0. The van der Waals surface area contributed by atoms with E-state index in [9.17, 15) is 24.3 Å². The number of benzene rings is 1. The highest BCUT2D eigenvalue weighted by atomic mass is 16.7. The van der Waals surface area contributed by atoms with Crippen LogP contribution in [0.4, 0.5) is 0 Å². The second-order valence-corrected chi connectivity index (χ2v) is 18.8. The maximum atomic E-state index is 14.4. The maximum Gasteiger partial charge on any atom is 0.329 e. The van der Waals surface area contributed by atoms with Crippen molar-refractivity contribution in [2.45, 2.75) is 174 Å². The summed E-state index contributed by atoms with van der Waals surface area (Å²) in [5.41, 5.74) is 9.66. The molecule has 0 spiro atoms. The molecule has 13 atom stereocenters. The molecular weight excluding hydrogens is 777 g/mol. The number of piperidine rings is 1. The Labute approximate surface area is 364 Å². The van der Waals surface area contributed by atoms with Gasteiger partial charge in [0.1, 0.15) is 35.9 Å². The van der Waals surface area contributed by atoms with Crippen LogP contribution in [0.25, 0.3) is 0 Å². The first-order valence-corrected chi connectivity index (χ1v) is 22.9. The van der Waals surface area contributed by atoms with Gasteiger partial charge < -0.3 is 39.4 Å². The summed E-state index contributed by atoms with van der Waals surface area (Å²) in [5.74, 6) is -5.36. The number of ketones is 2. The quantitative estimate of drug-likeness (QED) is 0.162. The van der Waals surface area contributed by atoms with Crippen LogP contribution in [0, 0.1) is 36.5 Å². The van der Waals surface area contributed by atoms with Gasteiger partial charge in [-0.1, -0.05) is 63.1 Å². The normalized spacial score (nSPS) is 37.8. The lowest BCUT2D eigenvalue weighted by Gasteiger charge is -2.47. The lowest BCUT2D eigenvalue weighted by atomic mass is 9.81. The van der Waals surface area contributed by atoms with Gasteiger partial charge in [0.15, 0.2) is 0 Å². The largest absolute Gasteiger partial charge is 0.489 e. The molecule has 13 unspecified atom stereocenters. The summed E-state index contributed by atoms with van der Waals surface area (Å²) < 4.78 is 30.9. The van der Waals surface area contributed by atoms with E-state index in [1.807, 2.05) is 58.9 Å². The smallest absolute Gasteiger partial charge is 0.329 e. The molecule has 1 aromatic rings. The van der Waals surface area contributed by atoms with Gasteiger partial charge in [-0.3, -0.25) is 14.4 Å². The predicted molar refractivity (Wildman–Crippen MR) is 233 cm³/mol. The molecule has 2 bridgehead atoms. The fourth-order valence-electron chi connectivity index (χ4n) is 10.1. The van der Waals surface area contributed by atoms with Crippen molar-refractivity contribution in [2.24, 2.45) is 35.3 Å². The highest BCUT2D eigenvalue weighted by molar-refractivity contribution is 6.39. The fraction of sp³-hybridized carbons (Fsp3) is 0.714. The van der Waals surface area contributed by atoms with Crippen LogP contribution in [0.2, 0.25) is 0 Å². The molecule has 1 amide bonds. The standard InChI is InChI=1S/C49H74N2O10/c1-10-36-24-30(3)23-31(4)25-42(57-8)45-43(58-9)27-34(7)49(56,61-45)46(53)47(54)51-22-12-11-13-39(51)48(55)60-44(32(5)16-21-40(36)52)33(6)26-35-17-20-38(50)41(28-35)59-37-18-14-29(2)15-19-37/h14-15,18-19,24,26,31-32,34-36,38-39,41-45,56H,10-13,16-17,20-23,25,27-28,50H2,1-9H3/b30-24+,33-26?. The zero-order valence-electron chi connectivity index (χ0n) is 38.2. The summed E-state index contributed by atoms with van der Waals surface area (Å²) in [6.07, 6.45) is 8.17. The molecule has 12 heteroatoms. The van der Waals surface area contributed by atoms with Crippen molar-refractivity contribution in [3.63, 3.8) is 0 Å². The van der Waals surface area contributed by atoms with E-state index in [4.69, 9.17) is 29.4 Å². The molecule has 3 aliphatic heterocycles. The number of amides is 1. The summed E-state index contributed by atoms with van der Waals surface area (Å²) in [5, 5.41) is 12.1. The van der Waals surface area contributed by atoms with Crippen LogP contribution in [0.5, 0.6) is 5.75 Å². The third-order valence-electron chi connectivity index (χ3n) is 13.9. The molecule has 4 aliphatic rings. The average molecular weight is 851 g/mol. The number of aryl methyl sites for hydroxylation is 1. The molecule has 3 N–H and O–H groups in total. The molecule has 2 saturated heterocycles. The number of methoxy groups -OCH3 is 2. The Morgan fingerprint density at radius 2 is 1.62 bits per heavy atom. The minimum Gasteiger partial charge on any atom is -0.489 e. The number of ether oxygens (including phenoxy) is 5. The van der Waals surface area contributed by atoms with E-state index >= 15 is 0 Å². The number of hydrogen-bond donors (Lipinski definition) is 2. The molecule has 340 valence electrons. The van der Waals surface area contributed by atoms with Gasteiger partial charge in [-0.2, -0.15) is 0 Å². The zero-order chi connectivity index (χ0) is 44.6. The topological polar surface area (TPSA) is 164 Å². The SMILES string of the molecule is CCC1/C=C(\C)CC(C)CC(OC)C2OC(O)(C(=O)C(=O)N3CCCCC3C(=O)OC(C(C)=CC3CCC(N)C(Oc4ccc(C)cc4)C3)C(C)CCC1=O)C(C)CC2OC. The third kappa shape index (κ3) is 12.0. The number of esters is 1. The highest BCUT2D eigenvalue weighted by Crippen LogP contribution is 2.39. The van der Waals surface area contributed by atoms with E-state index in [2.05, 4.69) is 19.1 Å². The Balaban J connectivity index is 1.48. The molecule has 0 radical (unpaired) electrons. The molecule has 12 nitrogen and oxygen atoms in total. The zero-order valence-corrected chi connectivity index (χ0v) is 38.2. The summed E-state index contributed by atoms with van der Waals surface area (Å²) in [7, 11) is 3.12. The van der Waals surface area contributed by atoms with Crippen LogP contribution in [0.1, 0.15) is 124 Å². The van der Waals surface area contributed by atoms with Crippen LogP contribution in [-0.4, -0.2) is 103 Å². The number of carbonyl (C=O) groups excluding carboxylic acids is 4. The van der Waals surface area contributed by atoms with Crippen molar-refractivity contribution >= 4 is 23.4 Å². The van der Waals surface area contributed by atoms with Crippen LogP contribution >= 0.6 is 0 Å². The second kappa shape index (κ2) is 21.8. The van der Waals surface area contributed by atoms with Crippen molar-refractivity contribution in [3.05, 3.63) is 53.1 Å². The Hall–Kier alpha value is -3.42. The van der Waals surface area contributed by atoms with Crippen molar-refractivity contribution in [1.82, 2.24) is 4.90 Å². The average Bonchev–Trinajstić information content (AvgIpc) is 3.24. The van der Waals surface area contributed by atoms with Gasteiger partial charge in [-0.05, 0) is 127 Å². The van der Waals surface area contributed by atoms with Crippen molar-refractivity contribution in [3.8, 4) is 5.75 Å². The van der Waals surface area contributed by atoms with E-state index in [-0.39, 0.29) is 54.6 Å². The number of carbonyl (C=O) groups is 4. The Morgan fingerprint density at radius 3 is 2.30 bits per heavy atom. The molecule has 5 rings (SSSR count). The minimum absolute atomic E-state index is 0.0889. The Bertz CT molecular complexity index is 1730. The summed E-state index contributed by atoms with van der Waals surface area (Å²) in [4.78, 5) is 58.2. The molecule has 3 fully saturated rings. The van der Waals surface area contributed by atoms with Gasteiger partial charge in [0.25, 0.3) is 11.7 Å². The Morgan fingerprint density at radius 1 is 0.934 bits per heavy atom. The molecule has 3 heterocycles. The van der Waals surface area contributed by atoms with E-state index < -0.39 is 59.8 Å². The number of nitrogens with two attached hydrogens (primary N) is 1. The van der Waals surface area contributed by atoms with Gasteiger partial charge in [0.05, 0.1) is 12.2 Å². The fourth-order valence-corrected chi connectivity index (χ4v) is 10.1. The van der Waals surface area contributed by atoms with E-state index in [0.29, 0.717) is 57.8 Å². The molecule has 0 aromatic heterocycles. The van der Waals surface area contributed by atoms with Crippen LogP contribution in [0.15, 0.2) is 47.6 Å². The summed E-state index contributed by atoms with van der Waals surface area (Å²) >= 11 is 0. The van der Waals surface area contributed by atoms with Crippen molar-refractivity contribution < 1.29 is 48.0 Å². The number of Topliss-reactive ketones (excluding diaryl/α,β-unsaturated/α-hetero) is 2. The first-order valence-electron chi connectivity index (χ1n) is 22.9. The Kier molecular flexibility index (Phi) is 17.4. The predicted octanol–water partition coefficient (Wildman–Crippen LogP) is 7.21. The number of fused-ring (bicyclic) bond motifs is 3. The molecular formula is C49H74N2O10. The molecule has 1 aliphatic carbocycles. The van der Waals surface area contributed by atoms with Gasteiger partial charge in [0.2, 0.25) is 5.79 Å². The van der Waals surface area contributed by atoms with E-state index in [1.165, 1.54) is 4.90 Å². The van der Waals surface area contributed by atoms with Crippen molar-refractivity contribution in [2.75, 3.05) is 20.8 Å². The minimum atomic E-state index is -2.47. The third-order valence-corrected chi connectivity index (χ3v) is 13.9. The first kappa shape index (κ1) is 48.6. The van der Waals surface area contributed by atoms with Crippen LogP contribution < -0.4 is 10.5 Å². The number of hydrogen-bond acceptors (Lipinski definition) is 11. The number of nitrogens with zero attached hydrogens (tertiary/aromatic N) is 1. The maximum absolute atomic E-state index is 14.4. The number of cyclic esters (lactones) is 1. The van der Waals surface area contributed by atoms with E-state index in [1.54, 1.807) is 21.1 Å². The van der Waals surface area contributed by atoms with Crippen LogP contribution in [0.3, 0.4) is 0 Å². The van der Waals surface area contributed by atoms with Gasteiger partial charge in [-0.15, -0.1) is 0 Å². The van der Waals surface area contributed by atoms with Crippen LogP contribution in [-0.2, 0) is 38.1 Å². The van der Waals surface area contributed by atoms with E-state index in [0.717, 1.165) is 35.3 Å². The lowest BCUT2D eigenvalue weighted by Crippen LogP contribution is -2.64. The van der Waals surface area contributed by atoms with Gasteiger partial charge >= 0.3 is 5.97 Å². The second-order valence-electron chi connectivity index (χ2n) is 18.8. The summed E-state index contributed by atoms with van der Waals surface area (Å²) in [6.45, 7) is 14.0. The molecule has 1 saturated carbocycles. The number of aliphatic hydroxyl groups is 1. The summed E-state index contributed by atoms with van der Waals surface area (Å²) in [6, 6.07) is 6.79. The highest BCUT2D eigenvalue weighted by Gasteiger charge is 2.56. The van der Waals surface area contributed by atoms with Gasteiger partial charge in [0, 0.05) is 45.1 Å². The monoisotopic (exact) mass is 851 g/mol. The number of allylic oxidation sites excluding steroid dienone is 3. The molecule has 61 heavy (non-hydrogen) atoms.